The van der Waals surface area contributed by atoms with Gasteiger partial charge in [-0.05, 0) is 18.6 Å². The van der Waals surface area contributed by atoms with E-state index in [4.69, 9.17) is 0 Å². The fraction of sp³-hybridized carbons (Fsp3) is 0.375. The third-order valence-electron chi connectivity index (χ3n) is 3.31. The van der Waals surface area contributed by atoms with Crippen molar-refractivity contribution in [2.45, 2.75) is 25.4 Å². The Labute approximate surface area is 145 Å². The molecule has 1 aromatic carbocycles. The molecule has 0 saturated carbocycles. The number of para-hydroxylation sites is 1. The highest BCUT2D eigenvalue weighted by Crippen LogP contribution is 2.12. The number of H-pyrrole nitrogens is 1. The highest BCUT2D eigenvalue weighted by Gasteiger charge is 2.27. The van der Waals surface area contributed by atoms with Crippen molar-refractivity contribution in [2.24, 2.45) is 0 Å². The summed E-state index contributed by atoms with van der Waals surface area (Å²) >= 11 is 0. The number of amides is 1. The Hall–Kier alpha value is -2.91. The number of esters is 1. The molecule has 0 bridgehead atoms. The predicted molar refractivity (Wildman–Crippen MR) is 85.3 cm³/mol. The topological polar surface area (TPSA) is 101 Å². The zero-order valence-electron chi connectivity index (χ0n) is 13.6. The number of benzene rings is 1. The molecule has 0 fully saturated rings. The molecule has 1 aromatic heterocycles. The Bertz CT molecular complexity index is 848. The third-order valence-corrected chi connectivity index (χ3v) is 3.31. The van der Waals surface area contributed by atoms with Gasteiger partial charge in [0, 0.05) is 12.8 Å². The van der Waals surface area contributed by atoms with Gasteiger partial charge in [-0.25, -0.2) is 4.98 Å². The molecule has 2 rings (SSSR count). The standard InChI is InChI=1S/C16H16F3N3O4/c17-16(18,19)9-20-13(23)8-26-14(24)7-3-6-12-21-11-5-2-1-4-10(11)15(25)22-12/h1-2,4-5H,3,6-9H2,(H,20,23)(H,21,22,25). The van der Waals surface area contributed by atoms with Crippen molar-refractivity contribution < 1.29 is 27.5 Å². The molecule has 0 radical (unpaired) electrons. The van der Waals surface area contributed by atoms with Gasteiger partial charge in [-0.1, -0.05) is 12.1 Å². The number of carbonyl (C=O) groups is 2. The van der Waals surface area contributed by atoms with Gasteiger partial charge >= 0.3 is 12.1 Å². The summed E-state index contributed by atoms with van der Waals surface area (Å²) in [5.41, 5.74) is 0.254. The molecule has 10 heteroatoms. The van der Waals surface area contributed by atoms with Crippen molar-refractivity contribution in [1.82, 2.24) is 15.3 Å². The highest BCUT2D eigenvalue weighted by atomic mass is 19.4. The number of rotatable bonds is 7. The maximum absolute atomic E-state index is 11.9. The first-order valence-corrected chi connectivity index (χ1v) is 7.71. The lowest BCUT2D eigenvalue weighted by molar-refractivity contribution is -0.151. The third kappa shape index (κ3) is 6.19. The van der Waals surface area contributed by atoms with Gasteiger partial charge in [0.15, 0.2) is 6.61 Å². The average Bonchev–Trinajstić information content (AvgIpc) is 2.57. The number of hydrogen-bond donors (Lipinski definition) is 2. The summed E-state index contributed by atoms with van der Waals surface area (Å²) in [7, 11) is 0. The quantitative estimate of drug-likeness (QED) is 0.718. The molecule has 0 spiro atoms. The molecule has 0 aliphatic heterocycles. The second-order valence-corrected chi connectivity index (χ2v) is 5.44. The van der Waals surface area contributed by atoms with Gasteiger partial charge < -0.3 is 15.0 Å². The van der Waals surface area contributed by atoms with E-state index in [1.54, 1.807) is 29.6 Å². The van der Waals surface area contributed by atoms with E-state index in [1.165, 1.54) is 0 Å². The first-order chi connectivity index (χ1) is 12.2. The minimum absolute atomic E-state index is 0.0664. The lowest BCUT2D eigenvalue weighted by Gasteiger charge is -2.08. The number of ether oxygens (including phenoxy) is 1. The first kappa shape index (κ1) is 19.4. The lowest BCUT2D eigenvalue weighted by Crippen LogP contribution is -2.36. The number of fused-ring (bicyclic) bond motifs is 1. The predicted octanol–water partition coefficient (Wildman–Crippen LogP) is 1.47. The molecule has 140 valence electrons. The molecule has 2 N–H and O–H groups in total. The Morgan fingerprint density at radius 2 is 1.96 bits per heavy atom. The molecule has 7 nitrogen and oxygen atoms in total. The van der Waals surface area contributed by atoms with Crippen LogP contribution < -0.4 is 10.9 Å². The summed E-state index contributed by atoms with van der Waals surface area (Å²) < 4.78 is 40.3. The second-order valence-electron chi connectivity index (χ2n) is 5.44. The van der Waals surface area contributed by atoms with Crippen LogP contribution >= 0.6 is 0 Å². The van der Waals surface area contributed by atoms with Gasteiger partial charge in [0.2, 0.25) is 0 Å². The van der Waals surface area contributed by atoms with Crippen LogP contribution in [0, 0.1) is 0 Å². The number of aromatic amines is 1. The van der Waals surface area contributed by atoms with Crippen LogP contribution in [-0.4, -0.2) is 41.2 Å². The second kappa shape index (κ2) is 8.45. The molecule has 0 aliphatic rings. The molecular weight excluding hydrogens is 355 g/mol. The van der Waals surface area contributed by atoms with E-state index < -0.39 is 31.2 Å². The molecule has 0 atom stereocenters. The molecule has 0 saturated heterocycles. The SMILES string of the molecule is O=C(COC(=O)CCCc1nc2ccccc2c(=O)[nH]1)NCC(F)(F)F. The zero-order chi connectivity index (χ0) is 19.2. The summed E-state index contributed by atoms with van der Waals surface area (Å²) in [6.45, 7) is -2.26. The summed E-state index contributed by atoms with van der Waals surface area (Å²) in [4.78, 5) is 41.4. The Kier molecular flexibility index (Phi) is 6.31. The minimum Gasteiger partial charge on any atom is -0.456 e. The van der Waals surface area contributed by atoms with Crippen molar-refractivity contribution in [3.05, 3.63) is 40.4 Å². The van der Waals surface area contributed by atoms with Crippen LogP contribution in [0.3, 0.4) is 0 Å². The Morgan fingerprint density at radius 3 is 2.69 bits per heavy atom. The van der Waals surface area contributed by atoms with E-state index in [0.717, 1.165) is 0 Å². The minimum atomic E-state index is -4.52. The first-order valence-electron chi connectivity index (χ1n) is 7.71. The van der Waals surface area contributed by atoms with Crippen LogP contribution in [0.25, 0.3) is 10.9 Å². The smallest absolute Gasteiger partial charge is 0.405 e. The fourth-order valence-corrected chi connectivity index (χ4v) is 2.12. The highest BCUT2D eigenvalue weighted by molar-refractivity contribution is 5.80. The number of aryl methyl sites for hydroxylation is 1. The van der Waals surface area contributed by atoms with Gasteiger partial charge in [0.25, 0.3) is 11.5 Å². The van der Waals surface area contributed by atoms with Gasteiger partial charge in [-0.3, -0.25) is 14.4 Å². The van der Waals surface area contributed by atoms with Gasteiger partial charge in [-0.15, -0.1) is 0 Å². The molecule has 1 heterocycles. The fourth-order valence-electron chi connectivity index (χ4n) is 2.12. The number of aromatic nitrogens is 2. The molecule has 2 aromatic rings. The monoisotopic (exact) mass is 371 g/mol. The number of hydrogen-bond acceptors (Lipinski definition) is 5. The van der Waals surface area contributed by atoms with Crippen LogP contribution in [0.2, 0.25) is 0 Å². The van der Waals surface area contributed by atoms with Crippen LogP contribution in [0.15, 0.2) is 29.1 Å². The summed E-state index contributed by atoms with van der Waals surface area (Å²) in [6.07, 6.45) is -3.99. The van der Waals surface area contributed by atoms with Crippen molar-refractivity contribution in [2.75, 3.05) is 13.2 Å². The summed E-state index contributed by atoms with van der Waals surface area (Å²) in [6, 6.07) is 6.81. The Balaban J connectivity index is 1.75. The number of nitrogens with zero attached hydrogens (tertiary/aromatic N) is 1. The van der Waals surface area contributed by atoms with E-state index in [9.17, 15) is 27.6 Å². The summed E-state index contributed by atoms with van der Waals surface area (Å²) in [5.74, 6) is -1.35. The molecular formula is C16H16F3N3O4. The van der Waals surface area contributed by atoms with E-state index in [2.05, 4.69) is 14.7 Å². The van der Waals surface area contributed by atoms with Crippen LogP contribution in [-0.2, 0) is 20.7 Å². The maximum atomic E-state index is 11.9. The van der Waals surface area contributed by atoms with Gasteiger partial charge in [0.05, 0.1) is 10.9 Å². The largest absolute Gasteiger partial charge is 0.456 e. The van der Waals surface area contributed by atoms with Gasteiger partial charge in [-0.2, -0.15) is 13.2 Å². The van der Waals surface area contributed by atoms with Crippen LogP contribution in [0.5, 0.6) is 0 Å². The van der Waals surface area contributed by atoms with Crippen molar-refractivity contribution in [3.8, 4) is 0 Å². The molecule has 0 unspecified atom stereocenters. The van der Waals surface area contributed by atoms with Crippen molar-refractivity contribution >= 4 is 22.8 Å². The van der Waals surface area contributed by atoms with Gasteiger partial charge in [0.1, 0.15) is 12.4 Å². The number of carbonyl (C=O) groups excluding carboxylic acids is 2. The lowest BCUT2D eigenvalue weighted by atomic mass is 10.2. The average molecular weight is 371 g/mol. The Morgan fingerprint density at radius 1 is 1.23 bits per heavy atom. The zero-order valence-corrected chi connectivity index (χ0v) is 13.6. The number of nitrogens with one attached hydrogen (secondary N) is 2. The van der Waals surface area contributed by atoms with Crippen molar-refractivity contribution in [3.63, 3.8) is 0 Å². The van der Waals surface area contributed by atoms with E-state index in [1.807, 2.05) is 0 Å². The van der Waals surface area contributed by atoms with E-state index >= 15 is 0 Å². The number of alkyl halides is 3. The molecule has 26 heavy (non-hydrogen) atoms. The van der Waals surface area contributed by atoms with E-state index in [-0.39, 0.29) is 12.0 Å². The van der Waals surface area contributed by atoms with Crippen molar-refractivity contribution in [1.29, 1.82) is 0 Å². The maximum Gasteiger partial charge on any atom is 0.405 e. The van der Waals surface area contributed by atoms with Crippen LogP contribution in [0.4, 0.5) is 13.2 Å². The summed E-state index contributed by atoms with van der Waals surface area (Å²) in [5, 5.41) is 2.05. The number of halogens is 3. The molecule has 1 amide bonds. The van der Waals surface area contributed by atoms with E-state index in [0.29, 0.717) is 29.6 Å². The van der Waals surface area contributed by atoms with Crippen LogP contribution in [0.1, 0.15) is 18.7 Å². The molecule has 0 aliphatic carbocycles. The normalized spacial score (nSPS) is 11.3.